The van der Waals surface area contributed by atoms with Gasteiger partial charge in [0, 0.05) is 35.1 Å². The molecule has 5 heteroatoms. The van der Waals surface area contributed by atoms with Gasteiger partial charge in [-0.2, -0.15) is 0 Å². The molecule has 3 nitrogen and oxygen atoms in total. The molecule has 130 valence electrons. The highest BCUT2D eigenvalue weighted by Crippen LogP contribution is 2.39. The van der Waals surface area contributed by atoms with Crippen molar-refractivity contribution in [3.63, 3.8) is 0 Å². The average Bonchev–Trinajstić information content (AvgIpc) is 2.82. The van der Waals surface area contributed by atoms with Crippen molar-refractivity contribution in [2.24, 2.45) is 0 Å². The summed E-state index contributed by atoms with van der Waals surface area (Å²) in [6, 6.07) is 8.49. The van der Waals surface area contributed by atoms with Crippen LogP contribution in [0.15, 0.2) is 29.6 Å². The van der Waals surface area contributed by atoms with Crippen LogP contribution in [0.4, 0.5) is 0 Å². The fraction of sp³-hybridized carbons (Fsp3) is 0.474. The maximum atomic E-state index is 6.34. The van der Waals surface area contributed by atoms with Crippen molar-refractivity contribution < 1.29 is 4.74 Å². The van der Waals surface area contributed by atoms with Gasteiger partial charge in [-0.1, -0.05) is 11.6 Å². The molecule has 1 unspecified atom stereocenters. The molecular weight excluding hydrogens is 340 g/mol. The van der Waals surface area contributed by atoms with Crippen LogP contribution in [0.2, 0.25) is 5.02 Å². The number of nitrogens with one attached hydrogen (secondary N) is 1. The quantitative estimate of drug-likeness (QED) is 0.845. The molecule has 1 saturated heterocycles. The summed E-state index contributed by atoms with van der Waals surface area (Å²) in [6.07, 6.45) is 1.16. The Balaban J connectivity index is 2.05. The van der Waals surface area contributed by atoms with E-state index in [1.807, 2.05) is 30.4 Å². The lowest BCUT2D eigenvalue weighted by Crippen LogP contribution is -2.32. The van der Waals surface area contributed by atoms with Gasteiger partial charge in [-0.25, -0.2) is 0 Å². The third-order valence-corrected chi connectivity index (χ3v) is 5.66. The number of rotatable bonds is 5. The lowest BCUT2D eigenvalue weighted by molar-refractivity contribution is 0.236. The maximum absolute atomic E-state index is 6.34. The Morgan fingerprint density at radius 1 is 1.29 bits per heavy atom. The number of nitrogens with zero attached hydrogens (tertiary/aromatic N) is 1. The van der Waals surface area contributed by atoms with Crippen molar-refractivity contribution in [2.45, 2.75) is 26.3 Å². The van der Waals surface area contributed by atoms with Gasteiger partial charge in [0.1, 0.15) is 5.75 Å². The summed E-state index contributed by atoms with van der Waals surface area (Å²) in [5.41, 5.74) is 2.49. The Hall–Kier alpha value is -1.07. The van der Waals surface area contributed by atoms with Crippen LogP contribution in [0.25, 0.3) is 0 Å². The first-order valence-electron chi connectivity index (χ1n) is 8.61. The summed E-state index contributed by atoms with van der Waals surface area (Å²) in [4.78, 5) is 3.91. The predicted octanol–water partition coefficient (Wildman–Crippen LogP) is 4.49. The number of thiophene rings is 1. The zero-order chi connectivity index (χ0) is 16.9. The van der Waals surface area contributed by atoms with Gasteiger partial charge in [0.2, 0.25) is 0 Å². The second-order valence-corrected chi connectivity index (χ2v) is 7.56. The zero-order valence-electron chi connectivity index (χ0n) is 14.3. The highest BCUT2D eigenvalue weighted by atomic mass is 35.5. The molecule has 2 heterocycles. The molecule has 1 fully saturated rings. The van der Waals surface area contributed by atoms with Crippen LogP contribution in [-0.2, 0) is 0 Å². The van der Waals surface area contributed by atoms with Crippen molar-refractivity contribution in [3.8, 4) is 5.75 Å². The van der Waals surface area contributed by atoms with Crippen molar-refractivity contribution in [2.75, 3.05) is 32.8 Å². The van der Waals surface area contributed by atoms with Crippen LogP contribution >= 0.6 is 22.9 Å². The van der Waals surface area contributed by atoms with Gasteiger partial charge in [-0.05, 0) is 62.0 Å². The molecule has 3 rings (SSSR count). The topological polar surface area (TPSA) is 24.5 Å². The van der Waals surface area contributed by atoms with E-state index >= 15 is 0 Å². The van der Waals surface area contributed by atoms with Crippen molar-refractivity contribution in [1.29, 1.82) is 0 Å². The van der Waals surface area contributed by atoms with E-state index < -0.39 is 0 Å². The van der Waals surface area contributed by atoms with E-state index in [9.17, 15) is 0 Å². The van der Waals surface area contributed by atoms with E-state index in [2.05, 4.69) is 34.7 Å². The van der Waals surface area contributed by atoms with Crippen LogP contribution in [0.5, 0.6) is 5.75 Å². The van der Waals surface area contributed by atoms with Crippen LogP contribution in [0, 0.1) is 6.92 Å². The lowest BCUT2D eigenvalue weighted by atomic mass is 10.0. The molecule has 0 spiro atoms. The van der Waals surface area contributed by atoms with Crippen LogP contribution in [0.1, 0.15) is 35.4 Å². The van der Waals surface area contributed by atoms with Gasteiger partial charge in [0.25, 0.3) is 0 Å². The van der Waals surface area contributed by atoms with Gasteiger partial charge in [-0.15, -0.1) is 11.3 Å². The van der Waals surface area contributed by atoms with Gasteiger partial charge < -0.3 is 10.1 Å². The molecule has 1 aromatic heterocycles. The maximum Gasteiger partial charge on any atom is 0.124 e. The number of halogens is 1. The van der Waals surface area contributed by atoms with E-state index in [1.54, 1.807) is 0 Å². The van der Waals surface area contributed by atoms with Crippen LogP contribution in [0.3, 0.4) is 0 Å². The highest BCUT2D eigenvalue weighted by Gasteiger charge is 2.27. The summed E-state index contributed by atoms with van der Waals surface area (Å²) in [5, 5.41) is 6.48. The first kappa shape index (κ1) is 17.7. The second-order valence-electron chi connectivity index (χ2n) is 6.18. The molecule has 1 aromatic carbocycles. The molecule has 1 atom stereocenters. The monoisotopic (exact) mass is 364 g/mol. The summed E-state index contributed by atoms with van der Waals surface area (Å²) >= 11 is 8.17. The third-order valence-electron chi connectivity index (χ3n) is 4.33. The highest BCUT2D eigenvalue weighted by molar-refractivity contribution is 7.10. The number of aryl methyl sites for hydroxylation is 1. The van der Waals surface area contributed by atoms with Crippen molar-refractivity contribution in [1.82, 2.24) is 10.2 Å². The lowest BCUT2D eigenvalue weighted by Gasteiger charge is -2.31. The predicted molar refractivity (Wildman–Crippen MR) is 103 cm³/mol. The fourth-order valence-corrected chi connectivity index (χ4v) is 4.50. The zero-order valence-corrected chi connectivity index (χ0v) is 15.9. The van der Waals surface area contributed by atoms with Gasteiger partial charge >= 0.3 is 0 Å². The molecule has 0 radical (unpaired) electrons. The molecule has 1 aliphatic heterocycles. The Labute approximate surface area is 153 Å². The Kier molecular flexibility index (Phi) is 6.17. The molecule has 2 aromatic rings. The number of hydrogen-bond acceptors (Lipinski definition) is 4. The van der Waals surface area contributed by atoms with E-state index in [4.69, 9.17) is 16.3 Å². The Bertz CT molecular complexity index is 665. The minimum Gasteiger partial charge on any atom is -0.494 e. The molecule has 0 amide bonds. The fourth-order valence-electron chi connectivity index (χ4n) is 3.27. The molecule has 0 aliphatic carbocycles. The largest absolute Gasteiger partial charge is 0.494 e. The molecule has 0 saturated carbocycles. The van der Waals surface area contributed by atoms with Gasteiger partial charge in [0.05, 0.1) is 12.6 Å². The van der Waals surface area contributed by atoms with Crippen molar-refractivity contribution in [3.05, 3.63) is 50.7 Å². The standard InChI is InChI=1S/C19H25ClN2OS/c1-3-23-17-6-5-15(20)12-16(17)19(18-11-14(2)13-24-18)22-9-4-7-21-8-10-22/h5-6,11-13,19,21H,3-4,7-10H2,1-2H3. The Morgan fingerprint density at radius 3 is 2.92 bits per heavy atom. The molecule has 24 heavy (non-hydrogen) atoms. The average molecular weight is 365 g/mol. The van der Waals surface area contributed by atoms with E-state index in [1.165, 1.54) is 16.0 Å². The SMILES string of the molecule is CCOc1ccc(Cl)cc1C(c1cc(C)cs1)N1CCCNCC1. The second kappa shape index (κ2) is 8.34. The first-order valence-corrected chi connectivity index (χ1v) is 9.87. The normalized spacial score (nSPS) is 17.5. The van der Waals surface area contributed by atoms with E-state index in [0.717, 1.165) is 43.4 Å². The van der Waals surface area contributed by atoms with Crippen LogP contribution < -0.4 is 10.1 Å². The summed E-state index contributed by atoms with van der Waals surface area (Å²) in [7, 11) is 0. The molecular formula is C19H25ClN2OS. The number of hydrogen-bond donors (Lipinski definition) is 1. The summed E-state index contributed by atoms with van der Waals surface area (Å²) in [6.45, 7) is 9.05. The summed E-state index contributed by atoms with van der Waals surface area (Å²) < 4.78 is 5.93. The Morgan fingerprint density at radius 2 is 2.17 bits per heavy atom. The van der Waals surface area contributed by atoms with Gasteiger partial charge in [0.15, 0.2) is 0 Å². The minimum atomic E-state index is 0.198. The summed E-state index contributed by atoms with van der Waals surface area (Å²) in [5.74, 6) is 0.940. The first-order chi connectivity index (χ1) is 11.7. The minimum absolute atomic E-state index is 0.198. The van der Waals surface area contributed by atoms with Gasteiger partial charge in [-0.3, -0.25) is 4.90 Å². The van der Waals surface area contributed by atoms with E-state index in [-0.39, 0.29) is 6.04 Å². The third kappa shape index (κ3) is 4.12. The molecule has 1 N–H and O–H groups in total. The molecule has 0 bridgehead atoms. The van der Waals surface area contributed by atoms with E-state index in [0.29, 0.717) is 6.61 Å². The number of benzene rings is 1. The smallest absolute Gasteiger partial charge is 0.124 e. The molecule has 1 aliphatic rings. The van der Waals surface area contributed by atoms with Crippen molar-refractivity contribution >= 4 is 22.9 Å². The van der Waals surface area contributed by atoms with Crippen LogP contribution in [-0.4, -0.2) is 37.7 Å². The number of ether oxygens (including phenoxy) is 1.